The second-order valence-corrected chi connectivity index (χ2v) is 5.99. The Labute approximate surface area is 148 Å². The van der Waals surface area contributed by atoms with Crippen LogP contribution in [0.25, 0.3) is 0 Å². The van der Waals surface area contributed by atoms with Gasteiger partial charge in [0, 0.05) is 30.6 Å². The van der Waals surface area contributed by atoms with E-state index in [1.807, 2.05) is 0 Å². The maximum Gasteiger partial charge on any atom is 0.251 e. The van der Waals surface area contributed by atoms with Gasteiger partial charge >= 0.3 is 0 Å². The monoisotopic (exact) mass is 357 g/mol. The van der Waals surface area contributed by atoms with Crippen molar-refractivity contribution in [3.8, 4) is 0 Å². The van der Waals surface area contributed by atoms with Gasteiger partial charge in [0.15, 0.2) is 0 Å². The summed E-state index contributed by atoms with van der Waals surface area (Å²) in [5, 5.41) is 8.96. The lowest BCUT2D eigenvalue weighted by molar-refractivity contribution is -0.126. The van der Waals surface area contributed by atoms with Crippen LogP contribution in [0.4, 0.5) is 4.39 Å². The van der Waals surface area contributed by atoms with E-state index in [0.29, 0.717) is 31.1 Å². The first-order chi connectivity index (χ1) is 11.1. The van der Waals surface area contributed by atoms with E-state index < -0.39 is 5.82 Å². The molecule has 0 spiro atoms. The quantitative estimate of drug-likeness (QED) is 0.681. The Morgan fingerprint density at radius 2 is 2.04 bits per heavy atom. The Balaban J connectivity index is 0.00000288. The molecule has 0 bridgehead atoms. The molecule has 134 valence electrons. The molecule has 1 aliphatic rings. The van der Waals surface area contributed by atoms with Gasteiger partial charge < -0.3 is 16.0 Å². The molecule has 1 aliphatic heterocycles. The van der Waals surface area contributed by atoms with E-state index in [1.54, 1.807) is 6.07 Å². The summed E-state index contributed by atoms with van der Waals surface area (Å²) >= 11 is 0. The summed E-state index contributed by atoms with van der Waals surface area (Å²) in [5.74, 6) is -0.563. The molecule has 0 radical (unpaired) electrons. The summed E-state index contributed by atoms with van der Waals surface area (Å²) in [6, 6.07) is 5.96. The Morgan fingerprint density at radius 3 is 2.75 bits per heavy atom. The number of hydrogen-bond donors (Lipinski definition) is 3. The van der Waals surface area contributed by atoms with Crippen LogP contribution in [0.3, 0.4) is 0 Å². The van der Waals surface area contributed by atoms with Gasteiger partial charge in [0.25, 0.3) is 5.91 Å². The molecule has 2 amide bonds. The summed E-state index contributed by atoms with van der Waals surface area (Å²) in [6.07, 6.45) is 2.38. The van der Waals surface area contributed by atoms with Crippen molar-refractivity contribution in [2.45, 2.75) is 32.2 Å². The highest BCUT2D eigenvalue weighted by Crippen LogP contribution is 2.15. The molecule has 0 aliphatic carbocycles. The molecular formula is C17H25ClFN3O2. The van der Waals surface area contributed by atoms with Crippen molar-refractivity contribution in [1.29, 1.82) is 0 Å². The normalized spacial score (nSPS) is 19.9. The van der Waals surface area contributed by atoms with E-state index in [1.165, 1.54) is 18.2 Å². The van der Waals surface area contributed by atoms with Crippen molar-refractivity contribution in [2.24, 2.45) is 5.92 Å². The number of carbonyl (C=O) groups excluding carboxylic acids is 2. The molecule has 1 fully saturated rings. The summed E-state index contributed by atoms with van der Waals surface area (Å²) in [6.45, 7) is 3.93. The molecule has 0 aromatic heterocycles. The second-order valence-electron chi connectivity index (χ2n) is 5.99. The molecule has 2 rings (SSSR count). The summed E-state index contributed by atoms with van der Waals surface area (Å²) < 4.78 is 13.0. The summed E-state index contributed by atoms with van der Waals surface area (Å²) in [4.78, 5) is 23.8. The minimum absolute atomic E-state index is 0. The fourth-order valence-electron chi connectivity index (χ4n) is 2.75. The fourth-order valence-corrected chi connectivity index (χ4v) is 2.75. The highest BCUT2D eigenvalue weighted by atomic mass is 35.5. The van der Waals surface area contributed by atoms with Gasteiger partial charge in [-0.05, 0) is 50.9 Å². The first kappa shape index (κ1) is 20.4. The first-order valence-electron chi connectivity index (χ1n) is 8.11. The predicted octanol–water partition coefficient (Wildman–Crippen LogP) is 1.87. The van der Waals surface area contributed by atoms with E-state index in [-0.39, 0.29) is 30.1 Å². The van der Waals surface area contributed by atoms with Gasteiger partial charge in [0.05, 0.1) is 0 Å². The number of hydrogen-bond acceptors (Lipinski definition) is 3. The molecule has 0 unspecified atom stereocenters. The third-order valence-corrected chi connectivity index (χ3v) is 4.02. The summed E-state index contributed by atoms with van der Waals surface area (Å²) in [7, 11) is 0. The van der Waals surface area contributed by atoms with Gasteiger partial charge in [-0.25, -0.2) is 4.39 Å². The van der Waals surface area contributed by atoms with E-state index in [0.717, 1.165) is 19.4 Å². The molecule has 3 N–H and O–H groups in total. The van der Waals surface area contributed by atoms with E-state index >= 15 is 0 Å². The SMILES string of the molecule is C[C@H]1C[C@@H](C(=O)NCCCNC(=O)c2cccc(F)c2)CCN1.Cl. The summed E-state index contributed by atoms with van der Waals surface area (Å²) in [5.41, 5.74) is 0.303. The second kappa shape index (κ2) is 10.3. The van der Waals surface area contributed by atoms with E-state index in [4.69, 9.17) is 0 Å². The molecule has 1 saturated heterocycles. The van der Waals surface area contributed by atoms with Gasteiger partial charge in [0.1, 0.15) is 5.82 Å². The van der Waals surface area contributed by atoms with Crippen LogP contribution in [0.2, 0.25) is 0 Å². The van der Waals surface area contributed by atoms with E-state index in [2.05, 4.69) is 22.9 Å². The van der Waals surface area contributed by atoms with Crippen LogP contribution in [0, 0.1) is 11.7 Å². The van der Waals surface area contributed by atoms with Gasteiger partial charge in [-0.3, -0.25) is 9.59 Å². The molecule has 1 aromatic carbocycles. The Bertz CT molecular complexity index is 556. The molecule has 5 nitrogen and oxygen atoms in total. The highest BCUT2D eigenvalue weighted by Gasteiger charge is 2.24. The van der Waals surface area contributed by atoms with Gasteiger partial charge in [-0.1, -0.05) is 6.07 Å². The van der Waals surface area contributed by atoms with Gasteiger partial charge in [-0.15, -0.1) is 12.4 Å². The maximum atomic E-state index is 13.0. The number of piperidine rings is 1. The third-order valence-electron chi connectivity index (χ3n) is 4.02. The standard InChI is InChI=1S/C17H24FN3O2.ClH/c1-12-10-14(6-9-19-12)17(23)21-8-3-7-20-16(22)13-4-2-5-15(18)11-13;/h2,4-5,11-12,14,19H,3,6-10H2,1H3,(H,20,22)(H,21,23);1H/t12-,14-;/m0./s1. The topological polar surface area (TPSA) is 70.2 Å². The van der Waals surface area contributed by atoms with Crippen LogP contribution in [0.15, 0.2) is 24.3 Å². The van der Waals surface area contributed by atoms with Crippen LogP contribution in [-0.4, -0.2) is 37.5 Å². The number of rotatable bonds is 6. The van der Waals surface area contributed by atoms with Crippen LogP contribution in [0.5, 0.6) is 0 Å². The Kier molecular flexibility index (Phi) is 8.71. The van der Waals surface area contributed by atoms with Crippen LogP contribution < -0.4 is 16.0 Å². The molecule has 24 heavy (non-hydrogen) atoms. The smallest absolute Gasteiger partial charge is 0.251 e. The lowest BCUT2D eigenvalue weighted by Gasteiger charge is -2.27. The van der Waals surface area contributed by atoms with Crippen molar-refractivity contribution < 1.29 is 14.0 Å². The predicted molar refractivity (Wildman–Crippen MR) is 93.8 cm³/mol. The average Bonchev–Trinajstić information content (AvgIpc) is 2.54. The van der Waals surface area contributed by atoms with Crippen molar-refractivity contribution in [2.75, 3.05) is 19.6 Å². The molecule has 1 heterocycles. The lowest BCUT2D eigenvalue weighted by Crippen LogP contribution is -2.42. The van der Waals surface area contributed by atoms with Crippen molar-refractivity contribution in [3.05, 3.63) is 35.6 Å². The largest absolute Gasteiger partial charge is 0.356 e. The number of benzene rings is 1. The van der Waals surface area contributed by atoms with Gasteiger partial charge in [-0.2, -0.15) is 0 Å². The number of halogens is 2. The Morgan fingerprint density at radius 1 is 1.29 bits per heavy atom. The Hall–Kier alpha value is -1.66. The highest BCUT2D eigenvalue weighted by molar-refractivity contribution is 5.94. The number of nitrogens with one attached hydrogen (secondary N) is 3. The first-order valence-corrected chi connectivity index (χ1v) is 8.11. The number of carbonyl (C=O) groups is 2. The van der Waals surface area contributed by atoms with Crippen LogP contribution in [0.1, 0.15) is 36.5 Å². The fraction of sp³-hybridized carbons (Fsp3) is 0.529. The molecule has 7 heteroatoms. The van der Waals surface area contributed by atoms with Crippen molar-refractivity contribution >= 4 is 24.2 Å². The molecular weight excluding hydrogens is 333 g/mol. The van der Waals surface area contributed by atoms with Gasteiger partial charge in [0.2, 0.25) is 5.91 Å². The molecule has 1 aromatic rings. The minimum atomic E-state index is -0.430. The zero-order valence-corrected chi connectivity index (χ0v) is 14.6. The zero-order valence-electron chi connectivity index (χ0n) is 13.8. The van der Waals surface area contributed by atoms with Crippen LogP contribution in [-0.2, 0) is 4.79 Å². The third kappa shape index (κ3) is 6.45. The average molecular weight is 358 g/mol. The van der Waals surface area contributed by atoms with E-state index in [9.17, 15) is 14.0 Å². The maximum absolute atomic E-state index is 13.0. The molecule has 0 saturated carbocycles. The zero-order chi connectivity index (χ0) is 16.7. The molecule has 2 atom stereocenters. The van der Waals surface area contributed by atoms with Crippen molar-refractivity contribution in [1.82, 2.24) is 16.0 Å². The number of amides is 2. The minimum Gasteiger partial charge on any atom is -0.356 e. The lowest BCUT2D eigenvalue weighted by atomic mass is 9.92. The van der Waals surface area contributed by atoms with Crippen LogP contribution >= 0.6 is 12.4 Å². The van der Waals surface area contributed by atoms with Crippen molar-refractivity contribution in [3.63, 3.8) is 0 Å².